The lowest BCUT2D eigenvalue weighted by atomic mass is 9.55. The van der Waals surface area contributed by atoms with Crippen LogP contribution >= 0.6 is 24.0 Å². The Labute approximate surface area is 155 Å². The lowest BCUT2D eigenvalue weighted by molar-refractivity contribution is -0.188. The van der Waals surface area contributed by atoms with Crippen LogP contribution in [0.1, 0.15) is 32.4 Å². The van der Waals surface area contributed by atoms with E-state index in [0.717, 1.165) is 24.7 Å². The molecule has 1 aliphatic carbocycles. The predicted octanol–water partition coefficient (Wildman–Crippen LogP) is 2.57. The number of pyridine rings is 1. The fraction of sp³-hybridized carbons (Fsp3) is 0.647. The summed E-state index contributed by atoms with van der Waals surface area (Å²) in [6.45, 7) is 6.15. The smallest absolute Gasteiger partial charge is 0.191 e. The first-order valence-corrected chi connectivity index (χ1v) is 8.11. The Morgan fingerprint density at radius 1 is 1.43 bits per heavy atom. The van der Waals surface area contributed by atoms with Gasteiger partial charge in [0.25, 0.3) is 0 Å². The van der Waals surface area contributed by atoms with Crippen LogP contribution in [0, 0.1) is 11.3 Å². The quantitative estimate of drug-likeness (QED) is 0.440. The summed E-state index contributed by atoms with van der Waals surface area (Å²) in [5.74, 6) is 1.44. The van der Waals surface area contributed by atoms with Crippen molar-refractivity contribution in [3.05, 3.63) is 30.1 Å². The van der Waals surface area contributed by atoms with Gasteiger partial charge in [-0.05, 0) is 25.0 Å². The number of aliphatic imine (C=N–C) groups is 1. The highest BCUT2D eigenvalue weighted by Gasteiger charge is 2.58. The van der Waals surface area contributed by atoms with Crippen LogP contribution in [-0.2, 0) is 11.3 Å². The zero-order valence-electron chi connectivity index (χ0n) is 14.1. The molecule has 2 fully saturated rings. The number of nitrogens with one attached hydrogen (secondary N) is 2. The number of aromatic nitrogens is 1. The highest BCUT2D eigenvalue weighted by atomic mass is 127. The minimum absolute atomic E-state index is 0. The molecule has 5 nitrogen and oxygen atoms in total. The average molecular weight is 430 g/mol. The van der Waals surface area contributed by atoms with Gasteiger partial charge >= 0.3 is 0 Å². The molecule has 1 aliphatic heterocycles. The maximum absolute atomic E-state index is 5.96. The van der Waals surface area contributed by atoms with Gasteiger partial charge in [0.15, 0.2) is 5.96 Å². The van der Waals surface area contributed by atoms with Crippen LogP contribution in [-0.4, -0.2) is 36.7 Å². The molecule has 0 bridgehead atoms. The van der Waals surface area contributed by atoms with E-state index in [-0.39, 0.29) is 29.4 Å². The first kappa shape index (κ1) is 18.4. The molecular formula is C17H27IN4O. The average Bonchev–Trinajstić information content (AvgIpc) is 2.56. The van der Waals surface area contributed by atoms with Crippen molar-refractivity contribution in [2.45, 2.75) is 45.4 Å². The Hall–Kier alpha value is -0.890. The zero-order chi connectivity index (χ0) is 15.6. The zero-order valence-corrected chi connectivity index (χ0v) is 16.4. The maximum atomic E-state index is 5.96. The van der Waals surface area contributed by atoms with Crippen LogP contribution in [0.3, 0.4) is 0 Å². The van der Waals surface area contributed by atoms with Crippen LogP contribution in [0.15, 0.2) is 29.4 Å². The molecule has 0 aromatic carbocycles. The number of ether oxygens (including phenoxy) is 1. The van der Waals surface area contributed by atoms with Gasteiger partial charge in [0.05, 0.1) is 18.3 Å². The lowest BCUT2D eigenvalue weighted by Gasteiger charge is -2.60. The van der Waals surface area contributed by atoms with E-state index >= 15 is 0 Å². The Bertz CT molecular complexity index is 535. The molecule has 3 rings (SSSR count). The van der Waals surface area contributed by atoms with Crippen LogP contribution in [0.25, 0.3) is 0 Å². The summed E-state index contributed by atoms with van der Waals surface area (Å²) in [7, 11) is 1.81. The van der Waals surface area contributed by atoms with Gasteiger partial charge in [-0.15, -0.1) is 24.0 Å². The second kappa shape index (κ2) is 7.79. The van der Waals surface area contributed by atoms with Crippen LogP contribution in [0.2, 0.25) is 0 Å². The first-order valence-electron chi connectivity index (χ1n) is 8.11. The van der Waals surface area contributed by atoms with E-state index < -0.39 is 0 Å². The Balaban J connectivity index is 0.00000192. The molecule has 0 spiro atoms. The summed E-state index contributed by atoms with van der Waals surface area (Å²) >= 11 is 0. The summed E-state index contributed by atoms with van der Waals surface area (Å²) in [4.78, 5) is 8.68. The van der Waals surface area contributed by atoms with Crippen LogP contribution in [0.5, 0.6) is 0 Å². The Morgan fingerprint density at radius 2 is 2.26 bits per heavy atom. The number of hydrogen-bond acceptors (Lipinski definition) is 3. The van der Waals surface area contributed by atoms with E-state index in [2.05, 4.69) is 34.5 Å². The highest BCUT2D eigenvalue weighted by molar-refractivity contribution is 14.0. The number of rotatable bonds is 3. The predicted molar refractivity (Wildman–Crippen MR) is 103 cm³/mol. The third-order valence-corrected chi connectivity index (χ3v) is 5.01. The Kier molecular flexibility index (Phi) is 6.25. The molecule has 128 valence electrons. The van der Waals surface area contributed by atoms with E-state index in [1.165, 1.54) is 6.42 Å². The fourth-order valence-electron chi connectivity index (χ4n) is 3.83. The van der Waals surface area contributed by atoms with Gasteiger partial charge in [-0.1, -0.05) is 19.9 Å². The summed E-state index contributed by atoms with van der Waals surface area (Å²) in [5.41, 5.74) is 1.16. The molecule has 1 saturated carbocycles. The van der Waals surface area contributed by atoms with E-state index in [1.54, 1.807) is 0 Å². The molecular weight excluding hydrogens is 403 g/mol. The number of halogens is 1. The maximum Gasteiger partial charge on any atom is 0.191 e. The van der Waals surface area contributed by atoms with Crippen LogP contribution < -0.4 is 10.6 Å². The molecule has 2 aliphatic rings. The van der Waals surface area contributed by atoms with Gasteiger partial charge < -0.3 is 15.4 Å². The molecule has 2 N–H and O–H groups in total. The number of hydrogen-bond donors (Lipinski definition) is 2. The number of nitrogens with zero attached hydrogens (tertiary/aromatic N) is 2. The topological polar surface area (TPSA) is 58.5 Å². The molecule has 0 radical (unpaired) electrons. The summed E-state index contributed by atoms with van der Waals surface area (Å²) in [5, 5.41) is 6.95. The molecule has 6 heteroatoms. The molecule has 2 heterocycles. The monoisotopic (exact) mass is 430 g/mol. The van der Waals surface area contributed by atoms with Gasteiger partial charge in [-0.3, -0.25) is 9.98 Å². The SMILES string of the molecule is CN=C(NCc1ccccn1)NC1C2CCCOC2C1(C)C.I. The van der Waals surface area contributed by atoms with Gasteiger partial charge in [0, 0.05) is 37.2 Å². The van der Waals surface area contributed by atoms with Crippen molar-refractivity contribution < 1.29 is 4.74 Å². The van der Waals surface area contributed by atoms with Crippen molar-refractivity contribution in [2.24, 2.45) is 16.3 Å². The fourth-order valence-corrected chi connectivity index (χ4v) is 3.83. The van der Waals surface area contributed by atoms with Gasteiger partial charge in [0.2, 0.25) is 0 Å². The summed E-state index contributed by atoms with van der Waals surface area (Å²) < 4.78 is 5.96. The van der Waals surface area contributed by atoms with Crippen molar-refractivity contribution in [3.8, 4) is 0 Å². The molecule has 1 aromatic rings. The molecule has 3 atom stereocenters. The summed E-state index contributed by atoms with van der Waals surface area (Å²) in [6, 6.07) is 6.35. The normalized spacial score (nSPS) is 28.8. The molecule has 0 amide bonds. The van der Waals surface area contributed by atoms with Crippen LogP contribution in [0.4, 0.5) is 0 Å². The van der Waals surface area contributed by atoms with Gasteiger partial charge in [-0.25, -0.2) is 0 Å². The minimum atomic E-state index is 0. The molecule has 1 aromatic heterocycles. The van der Waals surface area contributed by atoms with E-state index in [9.17, 15) is 0 Å². The molecule has 3 unspecified atom stereocenters. The van der Waals surface area contributed by atoms with Gasteiger partial charge in [-0.2, -0.15) is 0 Å². The minimum Gasteiger partial charge on any atom is -0.377 e. The summed E-state index contributed by atoms with van der Waals surface area (Å²) in [6.07, 6.45) is 4.59. The number of guanidine groups is 1. The van der Waals surface area contributed by atoms with E-state index in [0.29, 0.717) is 24.6 Å². The largest absolute Gasteiger partial charge is 0.377 e. The second-order valence-corrected chi connectivity index (χ2v) is 6.79. The molecule has 1 saturated heterocycles. The van der Waals surface area contributed by atoms with Crippen molar-refractivity contribution >= 4 is 29.9 Å². The number of fused-ring (bicyclic) bond motifs is 1. The van der Waals surface area contributed by atoms with E-state index in [1.807, 2.05) is 31.4 Å². The third-order valence-electron chi connectivity index (χ3n) is 5.01. The first-order chi connectivity index (χ1) is 10.6. The van der Waals surface area contributed by atoms with Gasteiger partial charge in [0.1, 0.15) is 0 Å². The van der Waals surface area contributed by atoms with Crippen molar-refractivity contribution in [1.82, 2.24) is 15.6 Å². The molecule has 23 heavy (non-hydrogen) atoms. The highest BCUT2D eigenvalue weighted by Crippen LogP contribution is 2.51. The van der Waals surface area contributed by atoms with Crippen molar-refractivity contribution in [1.29, 1.82) is 0 Å². The lowest BCUT2D eigenvalue weighted by Crippen LogP contribution is -2.71. The standard InChI is InChI=1S/C17H26N4O.HI/c1-17(2)14(13-8-6-10-22-15(13)17)21-16(18-3)20-11-12-7-4-5-9-19-12;/h4-5,7,9,13-15H,6,8,10-11H2,1-3H3,(H2,18,20,21);1H. The van der Waals surface area contributed by atoms with E-state index in [4.69, 9.17) is 4.74 Å². The van der Waals surface area contributed by atoms with Crippen molar-refractivity contribution in [2.75, 3.05) is 13.7 Å². The Morgan fingerprint density at radius 3 is 2.96 bits per heavy atom. The third kappa shape index (κ3) is 3.79. The second-order valence-electron chi connectivity index (χ2n) is 6.79. The van der Waals surface area contributed by atoms with Crippen molar-refractivity contribution in [3.63, 3.8) is 0 Å².